The fourth-order valence-electron chi connectivity index (χ4n) is 12.8. The lowest BCUT2D eigenvalue weighted by Crippen LogP contribution is -2.32. The molecule has 14 aromatic carbocycles. The van der Waals surface area contributed by atoms with Gasteiger partial charge in [0.05, 0.1) is 0 Å². The van der Waals surface area contributed by atoms with Crippen LogP contribution < -0.4 is 30.1 Å². The van der Waals surface area contributed by atoms with Crippen molar-refractivity contribution in [2.24, 2.45) is 0 Å². The fourth-order valence-corrected chi connectivity index (χ4v) is 12.8. The molecule has 0 atom stereocenters. The number of anilines is 14. The van der Waals surface area contributed by atoms with Gasteiger partial charge in [0, 0.05) is 79.6 Å². The van der Waals surface area contributed by atoms with Crippen LogP contribution in [0.3, 0.4) is 0 Å². The molecular weight excluding hydrogens is 1240 g/mol. The van der Waals surface area contributed by atoms with Crippen LogP contribution in [0.5, 0.6) is 0 Å². The summed E-state index contributed by atoms with van der Waals surface area (Å²) < 4.78 is 0. The Morgan fingerprint density at radius 3 is 0.490 bits per heavy atom. The van der Waals surface area contributed by atoms with Gasteiger partial charge in [-0.05, 0) is 270 Å². The van der Waals surface area contributed by atoms with Gasteiger partial charge in [-0.1, -0.05) is 203 Å². The van der Waals surface area contributed by atoms with Crippen LogP contribution in [0.25, 0.3) is 44.5 Å². The van der Waals surface area contributed by atoms with Crippen LogP contribution in [0.2, 0.25) is 13.6 Å². The predicted octanol–water partition coefficient (Wildman–Crippen LogP) is 24.8. The molecule has 0 saturated carbocycles. The molecule has 0 aromatic heterocycles. The molecule has 102 heavy (non-hydrogen) atoms. The first-order valence-electron chi connectivity index (χ1n) is 34.9. The van der Waals surface area contributed by atoms with Crippen LogP contribution in [0.1, 0.15) is 33.4 Å². The summed E-state index contributed by atoms with van der Waals surface area (Å²) in [4.78, 5) is 8.47. The summed E-state index contributed by atoms with van der Waals surface area (Å²) in [5.41, 5.74) is 31.1. The van der Waals surface area contributed by atoms with Crippen molar-refractivity contribution in [3.63, 3.8) is 0 Å². The zero-order valence-corrected chi connectivity index (χ0v) is 59.2. The van der Waals surface area contributed by atoms with Crippen LogP contribution in [0.4, 0.5) is 79.6 Å². The molecule has 14 rings (SSSR count). The molecule has 0 unspecified atom stereocenters. The smallest absolute Gasteiger partial charge is 0.414 e. The largest absolute Gasteiger partial charge is 0.432 e. The van der Waals surface area contributed by atoms with Crippen molar-refractivity contribution < 1.29 is 10.0 Å². The summed E-state index contributed by atoms with van der Waals surface area (Å²) in [5.74, 6) is 0. The van der Waals surface area contributed by atoms with Crippen molar-refractivity contribution in [3.8, 4) is 44.5 Å². The third-order valence-electron chi connectivity index (χ3n) is 18.5. The van der Waals surface area contributed by atoms with Gasteiger partial charge in [-0.15, -0.1) is 0 Å². The molecule has 0 spiro atoms. The first kappa shape index (κ1) is 68.5. The maximum Gasteiger partial charge on any atom is 0.414 e. The summed E-state index contributed by atoms with van der Waals surface area (Å²) in [5, 5.41) is 28.2. The third-order valence-corrected chi connectivity index (χ3v) is 18.5. The Kier molecular flexibility index (Phi) is 21.1. The van der Waals surface area contributed by atoms with Crippen molar-refractivity contribution in [1.29, 1.82) is 0 Å². The minimum Gasteiger partial charge on any atom is -0.432 e. The van der Waals surface area contributed by atoms with E-state index in [0.29, 0.717) is 0 Å². The average Bonchev–Trinajstić information content (AvgIpc) is 0.861. The van der Waals surface area contributed by atoms with Gasteiger partial charge in [-0.2, -0.15) is 0 Å². The molecule has 0 amide bonds. The topological polar surface area (TPSA) is 77.5 Å². The van der Waals surface area contributed by atoms with E-state index in [1.54, 1.807) is 13.6 Å². The standard InChI is InChI=1S/C47H45B2N3O2.C45H39N3/c1-34-6-20-41(21-7-34)50(42-26-12-37(13-27-42)39-16-30-46(31-17-39)51(48(4)53)44-22-8-35(2)9-23-44)43-28-14-38(15-29-43)40-18-32-47(33-19-40)52(49(5)54)45-24-10-36(3)11-25-45;1-32-4-18-39(19-5-32)46-41-22-10-35(11-23-41)37-14-28-44(29-15-37)48(43-26-8-34(3)9-27-43)45-30-16-38(17-31-45)36-12-24-42(25-13-36)47-40-20-6-33(2)7-21-40/h6-33,53-54H,1-5H3;4-31,46-47H,1-3H3. The third kappa shape index (κ3) is 16.6. The van der Waals surface area contributed by atoms with E-state index < -0.39 is 14.1 Å². The number of rotatable bonds is 20. The number of aryl methyl sites for hydroxylation is 6. The van der Waals surface area contributed by atoms with Gasteiger partial charge >= 0.3 is 14.1 Å². The second-order valence-corrected chi connectivity index (χ2v) is 26.4. The maximum absolute atomic E-state index is 10.6. The Hall–Kier alpha value is -12.1. The SMILES string of the molecule is CB(O)N(c1ccc(C)cc1)c1ccc(-c2ccc(N(c3ccc(C)cc3)c3ccc(-c4ccc(N(B(C)O)c5ccc(C)cc5)cc4)cc3)cc2)cc1.Cc1ccc(Nc2ccc(-c3ccc(N(c4ccc(C)cc4)c4ccc(-c5ccc(Nc6ccc(C)cc6)cc5)cc4)cc3)cc2)cc1. The summed E-state index contributed by atoms with van der Waals surface area (Å²) in [6, 6.07) is 120. The number of hydrogen-bond acceptors (Lipinski definition) is 8. The van der Waals surface area contributed by atoms with Crippen LogP contribution in [0.15, 0.2) is 340 Å². The lowest BCUT2D eigenvalue weighted by Gasteiger charge is -2.27. The van der Waals surface area contributed by atoms with E-state index in [2.05, 4.69) is 377 Å². The zero-order valence-electron chi connectivity index (χ0n) is 59.2. The summed E-state index contributed by atoms with van der Waals surface area (Å²) in [7, 11) is -1.34. The Bertz CT molecular complexity index is 4720. The first-order chi connectivity index (χ1) is 49.6. The molecule has 0 bridgehead atoms. The van der Waals surface area contributed by atoms with Crippen molar-refractivity contribution >= 4 is 93.7 Å². The highest BCUT2D eigenvalue weighted by Gasteiger charge is 2.22. The Morgan fingerprint density at radius 2 is 0.314 bits per heavy atom. The molecule has 14 aromatic rings. The highest BCUT2D eigenvalue weighted by Crippen LogP contribution is 2.41. The van der Waals surface area contributed by atoms with Crippen molar-refractivity contribution in [2.75, 3.05) is 30.1 Å². The first-order valence-corrected chi connectivity index (χ1v) is 34.9. The number of nitrogens with zero attached hydrogens (tertiary/aromatic N) is 4. The number of benzene rings is 14. The van der Waals surface area contributed by atoms with Gasteiger partial charge in [0.1, 0.15) is 0 Å². The quantitative estimate of drug-likeness (QED) is 0.0563. The molecule has 0 heterocycles. The minimum atomic E-state index is -0.670. The second kappa shape index (κ2) is 31.4. The lowest BCUT2D eigenvalue weighted by atomic mass is 9.83. The predicted molar refractivity (Wildman–Crippen MR) is 437 cm³/mol. The van der Waals surface area contributed by atoms with Crippen LogP contribution >= 0.6 is 0 Å². The summed E-state index contributed by atoms with van der Waals surface area (Å²) >= 11 is 0. The fraction of sp³-hybridized carbons (Fsp3) is 0.0870. The summed E-state index contributed by atoms with van der Waals surface area (Å²) in [6.07, 6.45) is 0. The van der Waals surface area contributed by atoms with Crippen molar-refractivity contribution in [1.82, 2.24) is 0 Å². The van der Waals surface area contributed by atoms with Crippen LogP contribution in [-0.4, -0.2) is 24.1 Å². The molecule has 8 nitrogen and oxygen atoms in total. The monoisotopic (exact) mass is 1330 g/mol. The second-order valence-electron chi connectivity index (χ2n) is 26.4. The van der Waals surface area contributed by atoms with Gasteiger partial charge in [0.15, 0.2) is 0 Å². The van der Waals surface area contributed by atoms with E-state index in [0.717, 1.165) is 102 Å². The highest BCUT2D eigenvalue weighted by molar-refractivity contribution is 6.56. The van der Waals surface area contributed by atoms with E-state index in [4.69, 9.17) is 0 Å². The molecule has 0 aliphatic rings. The molecule has 500 valence electrons. The molecule has 0 aliphatic heterocycles. The maximum atomic E-state index is 10.6. The van der Waals surface area contributed by atoms with Crippen molar-refractivity contribution in [2.45, 2.75) is 55.2 Å². The normalized spacial score (nSPS) is 10.8. The lowest BCUT2D eigenvalue weighted by molar-refractivity contribution is 0.577. The molecule has 0 aliphatic carbocycles. The van der Waals surface area contributed by atoms with E-state index in [1.165, 1.54) is 55.6 Å². The molecular formula is C92H84B2N6O2. The zero-order chi connectivity index (χ0) is 70.6. The van der Waals surface area contributed by atoms with Crippen molar-refractivity contribution in [3.05, 3.63) is 373 Å². The van der Waals surface area contributed by atoms with E-state index >= 15 is 0 Å². The Labute approximate surface area is 603 Å². The minimum absolute atomic E-state index is 0.670. The van der Waals surface area contributed by atoms with Gasteiger partial charge < -0.3 is 40.1 Å². The van der Waals surface area contributed by atoms with E-state index in [1.807, 2.05) is 33.9 Å². The summed E-state index contributed by atoms with van der Waals surface area (Å²) in [6.45, 7) is 16.1. The molecule has 0 saturated heterocycles. The van der Waals surface area contributed by atoms with Gasteiger partial charge in [0.2, 0.25) is 0 Å². The number of nitrogens with one attached hydrogen (secondary N) is 2. The Morgan fingerprint density at radius 1 is 0.186 bits per heavy atom. The Balaban J connectivity index is 0.000000183. The van der Waals surface area contributed by atoms with Gasteiger partial charge in [-0.3, -0.25) is 0 Å². The van der Waals surface area contributed by atoms with Crippen LogP contribution in [-0.2, 0) is 0 Å². The number of hydrogen-bond donors (Lipinski definition) is 4. The molecule has 0 radical (unpaired) electrons. The highest BCUT2D eigenvalue weighted by atomic mass is 16.2. The average molecular weight is 1330 g/mol. The molecule has 10 heteroatoms. The van der Waals surface area contributed by atoms with Gasteiger partial charge in [0.25, 0.3) is 0 Å². The molecule has 4 N–H and O–H groups in total. The molecule has 0 fully saturated rings. The van der Waals surface area contributed by atoms with Gasteiger partial charge in [-0.25, -0.2) is 0 Å². The van der Waals surface area contributed by atoms with E-state index in [9.17, 15) is 10.0 Å². The van der Waals surface area contributed by atoms with Crippen LogP contribution in [0, 0.1) is 41.5 Å². The van der Waals surface area contributed by atoms with E-state index in [-0.39, 0.29) is 0 Å².